The summed E-state index contributed by atoms with van der Waals surface area (Å²) in [7, 11) is 0. The predicted molar refractivity (Wildman–Crippen MR) is 120 cm³/mol. The minimum atomic E-state index is -1.30. The van der Waals surface area contributed by atoms with Gasteiger partial charge in [0, 0.05) is 30.6 Å². The van der Waals surface area contributed by atoms with Crippen LogP contribution in [0.25, 0.3) is 0 Å². The van der Waals surface area contributed by atoms with Crippen LogP contribution >= 0.6 is 0 Å². The number of nitrogens with zero attached hydrogens (tertiary/aromatic N) is 1. The number of benzene rings is 2. The molecule has 1 saturated heterocycles. The summed E-state index contributed by atoms with van der Waals surface area (Å²) in [5, 5.41) is 12.3. The van der Waals surface area contributed by atoms with E-state index in [0.29, 0.717) is 54.5 Å². The van der Waals surface area contributed by atoms with Crippen LogP contribution in [0, 0.1) is 5.92 Å². The van der Waals surface area contributed by atoms with Gasteiger partial charge in [0.1, 0.15) is 18.2 Å². The Hall–Kier alpha value is -2.70. The lowest BCUT2D eigenvalue weighted by atomic mass is 9.48. The first-order chi connectivity index (χ1) is 16.0. The van der Waals surface area contributed by atoms with Gasteiger partial charge in [0.05, 0.1) is 5.41 Å². The first-order valence-corrected chi connectivity index (χ1v) is 12.1. The van der Waals surface area contributed by atoms with E-state index in [1.807, 2.05) is 36.4 Å². The highest BCUT2D eigenvalue weighted by Gasteiger charge is 2.75. The minimum absolute atomic E-state index is 0.0135. The maximum absolute atomic E-state index is 13.9. The normalized spacial score (nSPS) is 34.1. The molecule has 33 heavy (non-hydrogen) atoms. The summed E-state index contributed by atoms with van der Waals surface area (Å²) in [5.74, 6) is 1.59. The second-order valence-corrected chi connectivity index (χ2v) is 10.4. The van der Waals surface area contributed by atoms with E-state index in [0.717, 1.165) is 12.1 Å². The van der Waals surface area contributed by atoms with Gasteiger partial charge in [-0.25, -0.2) is 0 Å². The zero-order chi connectivity index (χ0) is 22.4. The molecule has 3 aliphatic carbocycles. The summed E-state index contributed by atoms with van der Waals surface area (Å²) in [5.41, 5.74) is 0.141. The number of carbonyl (C=O) groups excluding carboxylic acids is 2. The summed E-state index contributed by atoms with van der Waals surface area (Å²) >= 11 is 0. The van der Waals surface area contributed by atoms with E-state index in [9.17, 15) is 14.7 Å². The van der Waals surface area contributed by atoms with Gasteiger partial charge in [0.25, 0.3) is 0 Å². The van der Waals surface area contributed by atoms with Gasteiger partial charge in [-0.3, -0.25) is 14.5 Å². The van der Waals surface area contributed by atoms with Crippen molar-refractivity contribution < 1.29 is 24.2 Å². The number of hydrogen-bond donors (Lipinski definition) is 1. The number of ether oxygens (including phenoxy) is 2. The first kappa shape index (κ1) is 19.7. The van der Waals surface area contributed by atoms with Crippen molar-refractivity contribution in [1.29, 1.82) is 0 Å². The summed E-state index contributed by atoms with van der Waals surface area (Å²) in [4.78, 5) is 29.2. The highest BCUT2D eigenvalue weighted by molar-refractivity contribution is 6.08. The molecule has 170 valence electrons. The Balaban J connectivity index is 1.36. The fourth-order valence-electron chi connectivity index (χ4n) is 6.94. The van der Waals surface area contributed by atoms with Crippen LogP contribution in [0.15, 0.2) is 42.5 Å². The van der Waals surface area contributed by atoms with Gasteiger partial charge in [-0.05, 0) is 49.3 Å². The average molecular weight is 446 g/mol. The molecule has 2 aliphatic heterocycles. The van der Waals surface area contributed by atoms with Crippen molar-refractivity contribution in [3.8, 4) is 11.5 Å². The van der Waals surface area contributed by atoms with Crippen LogP contribution in [0.3, 0.4) is 0 Å². The third-order valence-corrected chi connectivity index (χ3v) is 8.62. The van der Waals surface area contributed by atoms with E-state index in [4.69, 9.17) is 9.47 Å². The van der Waals surface area contributed by atoms with Crippen LogP contribution < -0.4 is 9.47 Å². The summed E-state index contributed by atoms with van der Waals surface area (Å²) in [6.07, 6.45) is 2.76. The molecule has 2 aromatic rings. The molecule has 0 aromatic heterocycles. The van der Waals surface area contributed by atoms with E-state index in [2.05, 4.69) is 4.90 Å². The van der Waals surface area contributed by atoms with Gasteiger partial charge in [-0.15, -0.1) is 0 Å². The molecule has 2 bridgehead atoms. The quantitative estimate of drug-likeness (QED) is 0.763. The standard InChI is InChI=1S/C27H27NO5/c29-19-10-11-27(31)24-22(30)18-8-9-20(32-15-17-4-2-1-3-5-17)23-21(18)26(27,25(19)33-23)12-13-28(24)14-16-6-7-16/h1-5,8-9,16,24-25,31H,6-7,10-15H2/t24-,25+,26+,27-/m1/s1. The number of carbonyl (C=O) groups is 2. The van der Waals surface area contributed by atoms with Crippen molar-refractivity contribution in [2.24, 2.45) is 5.92 Å². The first-order valence-electron chi connectivity index (χ1n) is 12.1. The van der Waals surface area contributed by atoms with Crippen molar-refractivity contribution in [3.63, 3.8) is 0 Å². The summed E-state index contributed by atoms with van der Waals surface area (Å²) in [6.45, 7) is 1.89. The number of aliphatic hydroxyl groups is 1. The highest BCUT2D eigenvalue weighted by atomic mass is 16.5. The van der Waals surface area contributed by atoms with E-state index in [-0.39, 0.29) is 18.0 Å². The fraction of sp³-hybridized carbons (Fsp3) is 0.481. The lowest BCUT2D eigenvalue weighted by molar-refractivity contribution is -0.178. The molecule has 3 fully saturated rings. The molecule has 6 heteroatoms. The van der Waals surface area contributed by atoms with Crippen molar-refractivity contribution in [1.82, 2.24) is 4.90 Å². The molecule has 2 saturated carbocycles. The number of piperidine rings is 1. The third-order valence-electron chi connectivity index (χ3n) is 8.62. The molecule has 0 radical (unpaired) electrons. The molecule has 1 N–H and O–H groups in total. The van der Waals surface area contributed by atoms with Crippen LogP contribution in [0.4, 0.5) is 0 Å². The Morgan fingerprint density at radius 3 is 2.70 bits per heavy atom. The summed E-state index contributed by atoms with van der Waals surface area (Å²) < 4.78 is 12.5. The van der Waals surface area contributed by atoms with Gasteiger partial charge < -0.3 is 14.6 Å². The smallest absolute Gasteiger partial charge is 0.183 e. The molecule has 0 unspecified atom stereocenters. The Bertz CT molecular complexity index is 1170. The van der Waals surface area contributed by atoms with Crippen LogP contribution in [-0.4, -0.2) is 52.4 Å². The number of hydrogen-bond acceptors (Lipinski definition) is 6. The maximum atomic E-state index is 13.9. The lowest BCUT2D eigenvalue weighted by Crippen LogP contribution is -2.78. The second kappa shape index (κ2) is 6.67. The van der Waals surface area contributed by atoms with Crippen LogP contribution in [-0.2, 0) is 16.8 Å². The number of likely N-dealkylation sites (tertiary alicyclic amines) is 1. The highest BCUT2D eigenvalue weighted by Crippen LogP contribution is 2.65. The molecule has 1 spiro atoms. The zero-order valence-electron chi connectivity index (χ0n) is 18.5. The molecule has 4 atom stereocenters. The SMILES string of the molecule is O=C1c2ccc(OCc3ccccc3)c3c2[C@]24CCN(CC5CC5)[C@H]1[C@]2(O)CCC(=O)[C@@H]4O3. The van der Waals surface area contributed by atoms with Crippen molar-refractivity contribution in [3.05, 3.63) is 59.2 Å². The van der Waals surface area contributed by atoms with Gasteiger partial charge >= 0.3 is 0 Å². The molecular formula is C27H27NO5. The van der Waals surface area contributed by atoms with Gasteiger partial charge in [0.2, 0.25) is 0 Å². The Morgan fingerprint density at radius 1 is 1.09 bits per heavy atom. The van der Waals surface area contributed by atoms with Crippen LogP contribution in [0.2, 0.25) is 0 Å². The number of rotatable bonds is 5. The molecule has 2 aromatic carbocycles. The Labute approximate surface area is 192 Å². The van der Waals surface area contributed by atoms with Crippen LogP contribution in [0.1, 0.15) is 53.6 Å². The van der Waals surface area contributed by atoms with E-state index in [1.54, 1.807) is 6.07 Å². The average Bonchev–Trinajstić information content (AvgIpc) is 3.56. The molecule has 2 heterocycles. The number of ketones is 2. The van der Waals surface area contributed by atoms with Crippen LogP contribution in [0.5, 0.6) is 11.5 Å². The maximum Gasteiger partial charge on any atom is 0.183 e. The molecule has 5 aliphatic rings. The fourth-order valence-corrected chi connectivity index (χ4v) is 6.94. The van der Waals surface area contributed by atoms with E-state index >= 15 is 0 Å². The summed E-state index contributed by atoms with van der Waals surface area (Å²) in [6, 6.07) is 12.9. The van der Waals surface area contributed by atoms with Crippen molar-refractivity contribution >= 4 is 11.6 Å². The topological polar surface area (TPSA) is 76.1 Å². The second-order valence-electron chi connectivity index (χ2n) is 10.4. The molecular weight excluding hydrogens is 418 g/mol. The number of Topliss-reactive ketones (excluding diaryl/α,β-unsaturated/α-hetero) is 2. The van der Waals surface area contributed by atoms with E-state index < -0.39 is 23.2 Å². The monoisotopic (exact) mass is 445 g/mol. The predicted octanol–water partition coefficient (Wildman–Crippen LogP) is 3.04. The van der Waals surface area contributed by atoms with Gasteiger partial charge in [-0.2, -0.15) is 0 Å². The molecule has 6 nitrogen and oxygen atoms in total. The third kappa shape index (κ3) is 2.51. The lowest BCUT2D eigenvalue weighted by Gasteiger charge is -2.61. The minimum Gasteiger partial charge on any atom is -0.485 e. The Kier molecular flexibility index (Phi) is 3.99. The van der Waals surface area contributed by atoms with Crippen molar-refractivity contribution in [2.45, 2.75) is 61.9 Å². The van der Waals surface area contributed by atoms with Gasteiger partial charge in [0.15, 0.2) is 29.2 Å². The largest absolute Gasteiger partial charge is 0.485 e. The Morgan fingerprint density at radius 2 is 1.91 bits per heavy atom. The van der Waals surface area contributed by atoms with Crippen molar-refractivity contribution in [2.75, 3.05) is 13.1 Å². The zero-order valence-corrected chi connectivity index (χ0v) is 18.5. The molecule has 0 amide bonds. The molecule has 7 rings (SSSR count). The van der Waals surface area contributed by atoms with E-state index in [1.165, 1.54) is 12.8 Å². The van der Waals surface area contributed by atoms with Gasteiger partial charge in [-0.1, -0.05) is 30.3 Å².